The van der Waals surface area contributed by atoms with Crippen LogP contribution in [0.4, 0.5) is 5.00 Å². The fraction of sp³-hybridized carbons (Fsp3) is 0.333. The molecule has 2 aromatic heterocycles. The van der Waals surface area contributed by atoms with Crippen LogP contribution in [0.3, 0.4) is 0 Å². The van der Waals surface area contributed by atoms with Gasteiger partial charge in [-0.05, 0) is 65.3 Å². The van der Waals surface area contributed by atoms with Crippen LogP contribution < -0.4 is 10.1 Å². The van der Waals surface area contributed by atoms with Crippen molar-refractivity contribution in [1.29, 1.82) is 0 Å². The van der Waals surface area contributed by atoms with Crippen LogP contribution in [0, 0.1) is 20.8 Å². The number of furan rings is 1. The zero-order chi connectivity index (χ0) is 22.7. The topological polar surface area (TPSA) is 77.8 Å². The first-order valence-electron chi connectivity index (χ1n) is 10.2. The Labute approximate surface area is 186 Å². The molecule has 0 radical (unpaired) electrons. The maximum Gasteiger partial charge on any atom is 0.342 e. The van der Waals surface area contributed by atoms with Gasteiger partial charge in [0.25, 0.3) is 5.91 Å². The quantitative estimate of drug-likeness (QED) is 0.445. The van der Waals surface area contributed by atoms with Crippen LogP contribution in [0.5, 0.6) is 5.75 Å². The second kappa shape index (κ2) is 9.39. The predicted octanol–water partition coefficient (Wildman–Crippen LogP) is 6.15. The maximum atomic E-state index is 13.0. The molecule has 0 bridgehead atoms. The Morgan fingerprint density at radius 1 is 1.13 bits per heavy atom. The van der Waals surface area contributed by atoms with Gasteiger partial charge in [-0.25, -0.2) is 4.79 Å². The summed E-state index contributed by atoms with van der Waals surface area (Å²) in [7, 11) is 0. The van der Waals surface area contributed by atoms with Gasteiger partial charge < -0.3 is 19.2 Å². The molecule has 1 aromatic carbocycles. The van der Waals surface area contributed by atoms with Crippen LogP contribution >= 0.6 is 11.3 Å². The highest BCUT2D eigenvalue weighted by Crippen LogP contribution is 2.41. The first kappa shape index (κ1) is 22.6. The molecule has 6 nitrogen and oxygen atoms in total. The van der Waals surface area contributed by atoms with Crippen molar-refractivity contribution in [2.45, 2.75) is 47.6 Å². The number of anilines is 1. The molecule has 0 spiro atoms. The van der Waals surface area contributed by atoms with E-state index >= 15 is 0 Å². The van der Waals surface area contributed by atoms with Crippen molar-refractivity contribution >= 4 is 28.2 Å². The first-order chi connectivity index (χ1) is 14.7. The van der Waals surface area contributed by atoms with E-state index in [0.717, 1.165) is 21.8 Å². The van der Waals surface area contributed by atoms with E-state index in [4.69, 9.17) is 13.9 Å². The lowest BCUT2D eigenvalue weighted by molar-refractivity contribution is 0.0380. The van der Waals surface area contributed by atoms with Crippen molar-refractivity contribution in [3.05, 3.63) is 57.9 Å². The molecule has 3 rings (SSSR count). The van der Waals surface area contributed by atoms with E-state index < -0.39 is 5.97 Å². The highest BCUT2D eigenvalue weighted by Gasteiger charge is 2.27. The number of thiophene rings is 1. The summed E-state index contributed by atoms with van der Waals surface area (Å²) in [5.41, 5.74) is 2.39. The van der Waals surface area contributed by atoms with Crippen LogP contribution in [0.25, 0.3) is 11.1 Å². The third-order valence-corrected chi connectivity index (χ3v) is 5.62. The van der Waals surface area contributed by atoms with Crippen molar-refractivity contribution in [3.63, 3.8) is 0 Å². The first-order valence-corrected chi connectivity index (χ1v) is 11.0. The van der Waals surface area contributed by atoms with E-state index in [0.29, 0.717) is 34.3 Å². The SMILES string of the molecule is CCOc1ccc(-c2c(C)sc(NC(=O)c3cc(C)oc3C)c2C(=O)OC(C)C)cc1. The number of carbonyl (C=O) groups is 2. The monoisotopic (exact) mass is 441 g/mol. The number of nitrogens with one attached hydrogen (secondary N) is 1. The van der Waals surface area contributed by atoms with Gasteiger partial charge in [0.15, 0.2) is 0 Å². The van der Waals surface area contributed by atoms with E-state index in [9.17, 15) is 9.59 Å². The lowest BCUT2D eigenvalue weighted by Gasteiger charge is -2.12. The zero-order valence-corrected chi connectivity index (χ0v) is 19.4. The Morgan fingerprint density at radius 2 is 1.81 bits per heavy atom. The van der Waals surface area contributed by atoms with Gasteiger partial charge in [-0.2, -0.15) is 0 Å². The molecule has 0 saturated carbocycles. The number of rotatable bonds is 7. The van der Waals surface area contributed by atoms with E-state index in [1.54, 1.807) is 33.8 Å². The number of amides is 1. The van der Waals surface area contributed by atoms with E-state index in [1.807, 2.05) is 38.1 Å². The van der Waals surface area contributed by atoms with Crippen molar-refractivity contribution < 1.29 is 23.5 Å². The molecule has 0 atom stereocenters. The third kappa shape index (κ3) is 4.99. The maximum absolute atomic E-state index is 13.0. The second-order valence-corrected chi connectivity index (χ2v) is 8.65. The van der Waals surface area contributed by atoms with Crippen molar-refractivity contribution in [3.8, 4) is 16.9 Å². The molecular formula is C24H27NO5S. The van der Waals surface area contributed by atoms with Crippen molar-refractivity contribution in [1.82, 2.24) is 0 Å². The summed E-state index contributed by atoms with van der Waals surface area (Å²) in [5, 5.41) is 3.35. The Balaban J connectivity index is 2.05. The van der Waals surface area contributed by atoms with Crippen molar-refractivity contribution in [2.75, 3.05) is 11.9 Å². The minimum atomic E-state index is -0.473. The predicted molar refractivity (Wildman–Crippen MR) is 122 cm³/mol. The molecule has 0 unspecified atom stereocenters. The molecule has 1 N–H and O–H groups in total. The molecule has 1 amide bonds. The van der Waals surface area contributed by atoms with Gasteiger partial charge in [0, 0.05) is 10.4 Å². The Kier molecular flexibility index (Phi) is 6.85. The standard InChI is InChI=1S/C24H27NO5S/c1-7-28-18-10-8-17(9-11-18)20-16(6)31-23(21(20)24(27)29-13(2)3)25-22(26)19-12-14(4)30-15(19)5/h8-13H,7H2,1-6H3,(H,25,26). The third-order valence-electron chi connectivity index (χ3n) is 4.60. The highest BCUT2D eigenvalue weighted by atomic mass is 32.1. The van der Waals surface area contributed by atoms with Gasteiger partial charge in [-0.3, -0.25) is 4.79 Å². The van der Waals surface area contributed by atoms with Crippen LogP contribution in [0.1, 0.15) is 57.9 Å². The fourth-order valence-corrected chi connectivity index (χ4v) is 4.42. The van der Waals surface area contributed by atoms with Crippen LogP contribution in [0.2, 0.25) is 0 Å². The molecule has 0 aliphatic carbocycles. The van der Waals surface area contributed by atoms with Gasteiger partial charge in [0.2, 0.25) is 0 Å². The number of hydrogen-bond donors (Lipinski definition) is 1. The molecule has 0 aliphatic heterocycles. The van der Waals surface area contributed by atoms with Gasteiger partial charge in [0.05, 0.1) is 18.3 Å². The molecule has 31 heavy (non-hydrogen) atoms. The van der Waals surface area contributed by atoms with Gasteiger partial charge in [-0.1, -0.05) is 12.1 Å². The molecular weight excluding hydrogens is 414 g/mol. The lowest BCUT2D eigenvalue weighted by atomic mass is 10.0. The number of ether oxygens (including phenoxy) is 2. The largest absolute Gasteiger partial charge is 0.494 e. The highest BCUT2D eigenvalue weighted by molar-refractivity contribution is 7.17. The summed E-state index contributed by atoms with van der Waals surface area (Å²) >= 11 is 1.35. The summed E-state index contributed by atoms with van der Waals surface area (Å²) in [6.07, 6.45) is -0.289. The number of aryl methyl sites for hydroxylation is 3. The number of hydrogen-bond acceptors (Lipinski definition) is 6. The molecule has 0 saturated heterocycles. The molecule has 3 aromatic rings. The smallest absolute Gasteiger partial charge is 0.342 e. The lowest BCUT2D eigenvalue weighted by Crippen LogP contribution is -2.17. The van der Waals surface area contributed by atoms with E-state index in [-0.39, 0.29) is 12.0 Å². The minimum Gasteiger partial charge on any atom is -0.494 e. The Bertz CT molecular complexity index is 1090. The normalized spacial score (nSPS) is 10.9. The summed E-state index contributed by atoms with van der Waals surface area (Å²) in [4.78, 5) is 26.8. The fourth-order valence-electron chi connectivity index (χ4n) is 3.36. The number of carbonyl (C=O) groups excluding carboxylic acids is 2. The molecule has 0 aliphatic rings. The van der Waals surface area contributed by atoms with Gasteiger partial charge in [0.1, 0.15) is 27.8 Å². The molecule has 7 heteroatoms. The average Bonchev–Trinajstić information content (AvgIpc) is 3.20. The summed E-state index contributed by atoms with van der Waals surface area (Å²) in [6, 6.07) is 9.22. The van der Waals surface area contributed by atoms with Crippen LogP contribution in [0.15, 0.2) is 34.7 Å². The summed E-state index contributed by atoms with van der Waals surface area (Å²) in [5.74, 6) is 1.14. The Hall–Kier alpha value is -3.06. The average molecular weight is 442 g/mol. The second-order valence-electron chi connectivity index (χ2n) is 7.43. The van der Waals surface area contributed by atoms with E-state index in [1.165, 1.54) is 11.3 Å². The van der Waals surface area contributed by atoms with Crippen LogP contribution in [-0.2, 0) is 4.74 Å². The molecule has 0 fully saturated rings. The van der Waals surface area contributed by atoms with Crippen molar-refractivity contribution in [2.24, 2.45) is 0 Å². The number of esters is 1. The zero-order valence-electron chi connectivity index (χ0n) is 18.6. The number of benzene rings is 1. The Morgan fingerprint density at radius 3 is 2.35 bits per heavy atom. The summed E-state index contributed by atoms with van der Waals surface area (Å²) in [6.45, 7) is 11.5. The minimum absolute atomic E-state index is 0.289. The molecule has 164 valence electrons. The summed E-state index contributed by atoms with van der Waals surface area (Å²) < 4.78 is 16.5. The molecule has 2 heterocycles. The van der Waals surface area contributed by atoms with Gasteiger partial charge in [-0.15, -0.1) is 11.3 Å². The van der Waals surface area contributed by atoms with Gasteiger partial charge >= 0.3 is 5.97 Å². The van der Waals surface area contributed by atoms with E-state index in [2.05, 4.69) is 5.32 Å². The van der Waals surface area contributed by atoms with Crippen LogP contribution in [-0.4, -0.2) is 24.6 Å².